The van der Waals surface area contributed by atoms with Crippen molar-refractivity contribution in [1.29, 1.82) is 0 Å². The number of nitrogens with zero attached hydrogens (tertiary/aromatic N) is 6. The number of hydrogen-bond acceptors (Lipinski definition) is 13. The molecule has 0 aliphatic carbocycles. The third-order valence-corrected chi connectivity index (χ3v) is 9.35. The van der Waals surface area contributed by atoms with Crippen LogP contribution in [0.15, 0.2) is 67.3 Å². The molecule has 1 saturated heterocycles. The molecule has 15 heteroatoms. The highest BCUT2D eigenvalue weighted by molar-refractivity contribution is 7.57. The zero-order valence-corrected chi connectivity index (χ0v) is 28.5. The molecular weight excluding hydrogens is 655 g/mol. The van der Waals surface area contributed by atoms with E-state index in [1.165, 1.54) is 25.5 Å². The minimum atomic E-state index is -1.47. The standard InChI is InChI=1S/C33H36ClN8O5P/c1-43-28-19-22(47-23-11-12-36-29(20-23)46-18-17-42-15-5-4-6-16-42)7-8-25(28)40-33-38-21-24(34)32(41-33)39-27-10-9-26-30(37-14-13-35-26)31(27)48(44-2)45-3/h7-14,19-21H,4-6,15-18H2,1-3H3,(H2,38,39,40,41). The van der Waals surface area contributed by atoms with Crippen LogP contribution in [0.1, 0.15) is 19.3 Å². The number of likely N-dealkylation sites (tertiary alicyclic amines) is 1. The van der Waals surface area contributed by atoms with Crippen molar-refractivity contribution in [2.24, 2.45) is 0 Å². The maximum absolute atomic E-state index is 6.54. The zero-order valence-electron chi connectivity index (χ0n) is 26.9. The lowest BCUT2D eigenvalue weighted by atomic mass is 10.1. The van der Waals surface area contributed by atoms with E-state index in [2.05, 4.69) is 40.5 Å². The summed E-state index contributed by atoms with van der Waals surface area (Å²) in [5.74, 6) is 2.87. The number of methoxy groups -OCH3 is 1. The van der Waals surface area contributed by atoms with Gasteiger partial charge in [0.2, 0.25) is 20.2 Å². The molecule has 1 fully saturated rings. The number of benzene rings is 2. The maximum Gasteiger partial charge on any atom is 0.229 e. The first kappa shape index (κ1) is 33.5. The van der Waals surface area contributed by atoms with Crippen LogP contribution in [0, 0.1) is 0 Å². The van der Waals surface area contributed by atoms with E-state index < -0.39 is 8.38 Å². The monoisotopic (exact) mass is 690 g/mol. The predicted molar refractivity (Wildman–Crippen MR) is 187 cm³/mol. The van der Waals surface area contributed by atoms with Crippen LogP contribution >= 0.6 is 20.0 Å². The lowest BCUT2D eigenvalue weighted by Crippen LogP contribution is -2.33. The molecular formula is C33H36ClN8O5P. The zero-order chi connectivity index (χ0) is 33.3. The number of pyridine rings is 1. The first-order valence-corrected chi connectivity index (χ1v) is 17.0. The first-order chi connectivity index (χ1) is 23.5. The van der Waals surface area contributed by atoms with Crippen LogP contribution in [0.3, 0.4) is 0 Å². The molecule has 5 aromatic rings. The second kappa shape index (κ2) is 16.1. The molecule has 0 atom stereocenters. The molecule has 250 valence electrons. The molecule has 0 radical (unpaired) electrons. The van der Waals surface area contributed by atoms with Crippen LogP contribution in [0.25, 0.3) is 11.0 Å². The van der Waals surface area contributed by atoms with Gasteiger partial charge in [-0.15, -0.1) is 0 Å². The van der Waals surface area contributed by atoms with Crippen molar-refractivity contribution < 1.29 is 23.3 Å². The number of aromatic nitrogens is 5. The van der Waals surface area contributed by atoms with Crippen molar-refractivity contribution in [2.75, 3.05) is 58.2 Å². The molecule has 2 N–H and O–H groups in total. The topological polar surface area (TPSA) is 138 Å². The number of rotatable bonds is 14. The summed E-state index contributed by atoms with van der Waals surface area (Å²) in [6.07, 6.45) is 10.2. The fourth-order valence-corrected chi connectivity index (χ4v) is 6.62. The highest BCUT2D eigenvalue weighted by atomic mass is 35.5. The second-order valence-electron chi connectivity index (χ2n) is 10.7. The van der Waals surface area contributed by atoms with E-state index in [1.807, 2.05) is 24.3 Å². The maximum atomic E-state index is 6.54. The van der Waals surface area contributed by atoms with Gasteiger partial charge >= 0.3 is 0 Å². The average molecular weight is 691 g/mol. The van der Waals surface area contributed by atoms with E-state index in [1.54, 1.807) is 58.1 Å². The SMILES string of the molecule is COc1cc(Oc2ccnc(OCCN3CCCCC3)c2)ccc1Nc1ncc(Cl)c(Nc2ccc3nccnc3c2P(OC)OC)n1. The summed E-state index contributed by atoms with van der Waals surface area (Å²) in [5, 5.41) is 7.54. The van der Waals surface area contributed by atoms with Gasteiger partial charge in [-0.05, 0) is 56.3 Å². The third-order valence-electron chi connectivity index (χ3n) is 7.59. The van der Waals surface area contributed by atoms with E-state index in [4.69, 9.17) is 34.9 Å². The molecule has 48 heavy (non-hydrogen) atoms. The first-order valence-electron chi connectivity index (χ1n) is 15.4. The Morgan fingerprint density at radius 2 is 1.62 bits per heavy atom. The highest BCUT2D eigenvalue weighted by Gasteiger charge is 2.22. The van der Waals surface area contributed by atoms with Crippen LogP contribution in [-0.2, 0) is 9.05 Å². The van der Waals surface area contributed by atoms with Gasteiger partial charge in [-0.2, -0.15) is 4.98 Å². The summed E-state index contributed by atoms with van der Waals surface area (Å²) < 4.78 is 29.0. The lowest BCUT2D eigenvalue weighted by Gasteiger charge is -2.26. The van der Waals surface area contributed by atoms with Crippen LogP contribution in [0.4, 0.5) is 23.1 Å². The molecule has 6 rings (SSSR count). The van der Waals surface area contributed by atoms with Gasteiger partial charge in [0.1, 0.15) is 34.4 Å². The minimum absolute atomic E-state index is 0.289. The Balaban J connectivity index is 1.15. The minimum Gasteiger partial charge on any atom is -0.494 e. The smallest absolute Gasteiger partial charge is 0.229 e. The molecule has 0 bridgehead atoms. The summed E-state index contributed by atoms with van der Waals surface area (Å²) >= 11 is 6.54. The van der Waals surface area contributed by atoms with Gasteiger partial charge in [0.25, 0.3) is 0 Å². The molecule has 3 aromatic heterocycles. The predicted octanol–water partition coefficient (Wildman–Crippen LogP) is 6.85. The molecule has 2 aromatic carbocycles. The fraction of sp³-hybridized carbons (Fsp3) is 0.303. The van der Waals surface area contributed by atoms with Crippen molar-refractivity contribution in [2.45, 2.75) is 19.3 Å². The molecule has 0 unspecified atom stereocenters. The highest BCUT2D eigenvalue weighted by Crippen LogP contribution is 2.41. The Bertz CT molecular complexity index is 1840. The summed E-state index contributed by atoms with van der Waals surface area (Å²) in [7, 11) is 3.27. The quantitative estimate of drug-likeness (QED) is 0.118. The van der Waals surface area contributed by atoms with Crippen LogP contribution in [0.5, 0.6) is 23.1 Å². The van der Waals surface area contributed by atoms with Gasteiger partial charge in [-0.25, -0.2) is 9.97 Å². The molecule has 0 saturated carbocycles. The second-order valence-corrected chi connectivity index (χ2v) is 12.8. The molecule has 1 aliphatic rings. The third kappa shape index (κ3) is 8.18. The van der Waals surface area contributed by atoms with Crippen molar-refractivity contribution in [3.63, 3.8) is 0 Å². The Labute approximate surface area is 284 Å². The average Bonchev–Trinajstić information content (AvgIpc) is 3.12. The Morgan fingerprint density at radius 1 is 0.833 bits per heavy atom. The normalized spacial score (nSPS) is 13.4. The molecule has 0 amide bonds. The number of ether oxygens (including phenoxy) is 3. The largest absolute Gasteiger partial charge is 0.494 e. The van der Waals surface area contributed by atoms with Crippen molar-refractivity contribution in [3.8, 4) is 23.1 Å². The van der Waals surface area contributed by atoms with Crippen molar-refractivity contribution in [1.82, 2.24) is 29.8 Å². The molecule has 4 heterocycles. The number of nitrogens with one attached hydrogen (secondary N) is 2. The van der Waals surface area contributed by atoms with Crippen LogP contribution in [0.2, 0.25) is 5.02 Å². The van der Waals surface area contributed by atoms with Gasteiger partial charge in [-0.3, -0.25) is 14.9 Å². The summed E-state index contributed by atoms with van der Waals surface area (Å²) in [4.78, 5) is 24.7. The van der Waals surface area contributed by atoms with Gasteiger partial charge < -0.3 is 33.9 Å². The van der Waals surface area contributed by atoms with Crippen LogP contribution in [-0.4, -0.2) is 77.4 Å². The number of hydrogen-bond donors (Lipinski definition) is 2. The van der Waals surface area contributed by atoms with Gasteiger partial charge in [0.15, 0.2) is 5.82 Å². The van der Waals surface area contributed by atoms with Crippen LogP contribution < -0.4 is 30.1 Å². The number of piperidine rings is 1. The van der Waals surface area contributed by atoms with E-state index in [0.29, 0.717) is 68.3 Å². The number of fused-ring (bicyclic) bond motifs is 1. The Kier molecular flexibility index (Phi) is 11.3. The molecule has 1 aliphatic heterocycles. The number of halogens is 1. The lowest BCUT2D eigenvalue weighted by molar-refractivity contribution is 0.180. The fourth-order valence-electron chi connectivity index (χ4n) is 5.30. The van der Waals surface area contributed by atoms with E-state index in [9.17, 15) is 0 Å². The Morgan fingerprint density at radius 3 is 2.44 bits per heavy atom. The summed E-state index contributed by atoms with van der Waals surface area (Å²) in [6, 6.07) is 12.7. The summed E-state index contributed by atoms with van der Waals surface area (Å²) in [6.45, 7) is 3.72. The number of anilines is 4. The van der Waals surface area contributed by atoms with Crippen molar-refractivity contribution in [3.05, 3.63) is 72.3 Å². The van der Waals surface area contributed by atoms with Gasteiger partial charge in [-0.1, -0.05) is 18.0 Å². The van der Waals surface area contributed by atoms with E-state index in [0.717, 1.165) is 19.6 Å². The molecule has 0 spiro atoms. The van der Waals surface area contributed by atoms with Crippen molar-refractivity contribution >= 4 is 59.5 Å². The molecule has 13 nitrogen and oxygen atoms in total. The van der Waals surface area contributed by atoms with E-state index in [-0.39, 0.29) is 5.95 Å². The van der Waals surface area contributed by atoms with E-state index >= 15 is 0 Å². The van der Waals surface area contributed by atoms with Gasteiger partial charge in [0, 0.05) is 51.5 Å². The summed E-state index contributed by atoms with van der Waals surface area (Å²) in [5.41, 5.74) is 2.64. The Hall–Kier alpha value is -4.39. The van der Waals surface area contributed by atoms with Gasteiger partial charge in [0.05, 0.1) is 35.5 Å².